The summed E-state index contributed by atoms with van der Waals surface area (Å²) in [6.45, 7) is 0. The maximum absolute atomic E-state index is 12.4. The monoisotopic (exact) mass is 332 g/mol. The number of aromatic nitrogens is 4. The second kappa shape index (κ2) is 5.17. The molecule has 5 rings (SSSR count). The van der Waals surface area contributed by atoms with Gasteiger partial charge in [0.1, 0.15) is 5.75 Å². The minimum atomic E-state index is -0.275. The van der Waals surface area contributed by atoms with Gasteiger partial charge in [-0.2, -0.15) is 4.52 Å². The maximum atomic E-state index is 12.4. The van der Waals surface area contributed by atoms with Crippen LogP contribution in [0.15, 0.2) is 47.3 Å². The summed E-state index contributed by atoms with van der Waals surface area (Å²) in [5, 5.41) is 5.43. The number of hydrogen-bond acceptors (Lipinski definition) is 4. The Labute approximate surface area is 143 Å². The van der Waals surface area contributed by atoms with E-state index >= 15 is 0 Å². The Morgan fingerprint density at radius 3 is 2.68 bits per heavy atom. The van der Waals surface area contributed by atoms with Gasteiger partial charge in [-0.25, -0.2) is 9.78 Å². The molecule has 124 valence electrons. The second-order valence-electron chi connectivity index (χ2n) is 6.37. The number of fused-ring (bicyclic) bond motifs is 3. The number of benzene rings is 2. The fourth-order valence-corrected chi connectivity index (χ4v) is 3.30. The number of hydrogen-bond donors (Lipinski definition) is 1. The van der Waals surface area contributed by atoms with Crippen molar-refractivity contribution in [3.63, 3.8) is 0 Å². The summed E-state index contributed by atoms with van der Waals surface area (Å²) in [7, 11) is 1.63. The summed E-state index contributed by atoms with van der Waals surface area (Å²) in [6, 6.07) is 13.5. The number of aromatic amines is 1. The van der Waals surface area contributed by atoms with Crippen LogP contribution in [0.2, 0.25) is 0 Å². The van der Waals surface area contributed by atoms with E-state index in [0.717, 1.165) is 22.2 Å². The lowest BCUT2D eigenvalue weighted by Crippen LogP contribution is -2.17. The van der Waals surface area contributed by atoms with Crippen LogP contribution < -0.4 is 10.4 Å². The first-order chi connectivity index (χ1) is 12.2. The third-order valence-corrected chi connectivity index (χ3v) is 4.73. The van der Waals surface area contributed by atoms with Crippen LogP contribution in [-0.2, 0) is 0 Å². The molecule has 2 aromatic carbocycles. The predicted octanol–water partition coefficient (Wildman–Crippen LogP) is 3.12. The molecule has 1 aliphatic carbocycles. The van der Waals surface area contributed by atoms with Crippen LogP contribution in [0, 0.1) is 0 Å². The van der Waals surface area contributed by atoms with Gasteiger partial charge in [0, 0.05) is 10.9 Å². The molecule has 1 N–H and O–H groups in total. The van der Waals surface area contributed by atoms with E-state index in [1.807, 2.05) is 36.4 Å². The van der Waals surface area contributed by atoms with Crippen LogP contribution in [0.1, 0.15) is 24.3 Å². The van der Waals surface area contributed by atoms with Crippen LogP contribution in [0.3, 0.4) is 0 Å². The van der Waals surface area contributed by atoms with Crippen LogP contribution in [0.4, 0.5) is 0 Å². The van der Waals surface area contributed by atoms with Crippen molar-refractivity contribution in [2.45, 2.75) is 18.8 Å². The first-order valence-corrected chi connectivity index (χ1v) is 8.31. The van der Waals surface area contributed by atoms with Gasteiger partial charge < -0.3 is 9.72 Å². The predicted molar refractivity (Wildman–Crippen MR) is 95.1 cm³/mol. The van der Waals surface area contributed by atoms with E-state index in [2.05, 4.69) is 21.1 Å². The second-order valence-corrected chi connectivity index (χ2v) is 6.37. The Morgan fingerprint density at radius 1 is 1.16 bits per heavy atom. The average Bonchev–Trinajstić information content (AvgIpc) is 3.39. The van der Waals surface area contributed by atoms with Gasteiger partial charge in [0.15, 0.2) is 11.5 Å². The Kier molecular flexibility index (Phi) is 2.94. The summed E-state index contributed by atoms with van der Waals surface area (Å²) in [4.78, 5) is 20.0. The SMILES string of the molecule is COc1ccc(-c2nc3c4c(C5CC5)cccc4[nH]c(=O)n3n2)cc1. The van der Waals surface area contributed by atoms with E-state index in [1.54, 1.807) is 7.11 Å². The zero-order valence-electron chi connectivity index (χ0n) is 13.7. The lowest BCUT2D eigenvalue weighted by molar-refractivity contribution is 0.415. The Morgan fingerprint density at radius 2 is 1.96 bits per heavy atom. The van der Waals surface area contributed by atoms with Gasteiger partial charge in [-0.1, -0.05) is 12.1 Å². The molecule has 2 heterocycles. The molecule has 0 unspecified atom stereocenters. The van der Waals surface area contributed by atoms with Crippen molar-refractivity contribution in [3.05, 3.63) is 58.5 Å². The highest BCUT2D eigenvalue weighted by molar-refractivity contribution is 5.95. The highest BCUT2D eigenvalue weighted by atomic mass is 16.5. The van der Waals surface area contributed by atoms with Crippen LogP contribution in [-0.4, -0.2) is 26.7 Å². The van der Waals surface area contributed by atoms with E-state index in [-0.39, 0.29) is 5.69 Å². The summed E-state index contributed by atoms with van der Waals surface area (Å²) < 4.78 is 6.56. The number of nitrogens with one attached hydrogen (secondary N) is 1. The molecule has 6 heteroatoms. The van der Waals surface area contributed by atoms with Gasteiger partial charge in [-0.15, -0.1) is 5.10 Å². The van der Waals surface area contributed by atoms with E-state index < -0.39 is 0 Å². The molecule has 0 aliphatic heterocycles. The molecule has 0 atom stereocenters. The molecule has 1 saturated carbocycles. The van der Waals surface area contributed by atoms with E-state index in [1.165, 1.54) is 22.9 Å². The molecular weight excluding hydrogens is 316 g/mol. The van der Waals surface area contributed by atoms with E-state index in [9.17, 15) is 4.79 Å². The first kappa shape index (κ1) is 14.2. The van der Waals surface area contributed by atoms with Gasteiger partial charge in [0.2, 0.25) is 0 Å². The molecule has 2 aromatic heterocycles. The average molecular weight is 332 g/mol. The van der Waals surface area contributed by atoms with Gasteiger partial charge in [0.05, 0.1) is 12.6 Å². The molecule has 1 fully saturated rings. The van der Waals surface area contributed by atoms with E-state index in [4.69, 9.17) is 4.74 Å². The van der Waals surface area contributed by atoms with Crippen molar-refractivity contribution in [2.75, 3.05) is 7.11 Å². The zero-order valence-corrected chi connectivity index (χ0v) is 13.7. The molecule has 0 saturated heterocycles. The van der Waals surface area contributed by atoms with Crippen molar-refractivity contribution in [1.82, 2.24) is 19.6 Å². The molecule has 6 nitrogen and oxygen atoms in total. The van der Waals surface area contributed by atoms with Gasteiger partial charge in [0.25, 0.3) is 0 Å². The minimum absolute atomic E-state index is 0.275. The van der Waals surface area contributed by atoms with Gasteiger partial charge in [-0.3, -0.25) is 0 Å². The van der Waals surface area contributed by atoms with Crippen LogP contribution in [0.5, 0.6) is 5.75 Å². The fraction of sp³-hybridized carbons (Fsp3) is 0.211. The van der Waals surface area contributed by atoms with Crippen molar-refractivity contribution in [3.8, 4) is 17.1 Å². The van der Waals surface area contributed by atoms with Crippen LogP contribution in [0.25, 0.3) is 27.9 Å². The lowest BCUT2D eigenvalue weighted by Gasteiger charge is -2.05. The number of methoxy groups -OCH3 is 1. The van der Waals surface area contributed by atoms with Crippen molar-refractivity contribution < 1.29 is 4.74 Å². The summed E-state index contributed by atoms with van der Waals surface area (Å²) in [5.41, 5.74) is 3.25. The van der Waals surface area contributed by atoms with Gasteiger partial charge >= 0.3 is 5.69 Å². The molecule has 0 bridgehead atoms. The number of nitrogens with zero attached hydrogens (tertiary/aromatic N) is 3. The van der Waals surface area contributed by atoms with Gasteiger partial charge in [-0.05, 0) is 54.7 Å². The summed E-state index contributed by atoms with van der Waals surface area (Å²) >= 11 is 0. The largest absolute Gasteiger partial charge is 0.497 e. The Hall–Kier alpha value is -3.15. The molecule has 1 aliphatic rings. The normalized spacial score (nSPS) is 14.3. The molecule has 25 heavy (non-hydrogen) atoms. The number of H-pyrrole nitrogens is 1. The van der Waals surface area contributed by atoms with Crippen LogP contribution >= 0.6 is 0 Å². The van der Waals surface area contributed by atoms with Crippen molar-refractivity contribution in [1.29, 1.82) is 0 Å². The summed E-state index contributed by atoms with van der Waals surface area (Å²) in [5.74, 6) is 1.86. The smallest absolute Gasteiger partial charge is 0.348 e. The first-order valence-electron chi connectivity index (χ1n) is 8.31. The van der Waals surface area contributed by atoms with Crippen molar-refractivity contribution in [2.24, 2.45) is 0 Å². The highest BCUT2D eigenvalue weighted by Crippen LogP contribution is 2.43. The molecule has 0 amide bonds. The summed E-state index contributed by atoms with van der Waals surface area (Å²) in [6.07, 6.45) is 2.37. The maximum Gasteiger partial charge on any atom is 0.348 e. The topological polar surface area (TPSA) is 72.3 Å². The molecule has 4 aromatic rings. The standard InChI is InChI=1S/C19H16N4O2/c1-25-13-9-7-12(8-10-13)17-21-18-16-14(11-5-6-11)3-2-4-15(16)20-19(24)23(18)22-17/h2-4,7-11H,5-6H2,1H3,(H,20,24). The molecule has 0 radical (unpaired) electrons. The Balaban J connectivity index is 1.79. The Bertz CT molecular complexity index is 1150. The molecule has 0 spiro atoms. The highest BCUT2D eigenvalue weighted by Gasteiger charge is 2.27. The lowest BCUT2D eigenvalue weighted by atomic mass is 10.1. The number of ether oxygens (including phenoxy) is 1. The fourth-order valence-electron chi connectivity index (χ4n) is 3.30. The minimum Gasteiger partial charge on any atom is -0.497 e. The number of rotatable bonds is 3. The van der Waals surface area contributed by atoms with E-state index in [0.29, 0.717) is 17.4 Å². The third kappa shape index (κ3) is 2.21. The third-order valence-electron chi connectivity index (χ3n) is 4.73. The quantitative estimate of drug-likeness (QED) is 0.626. The van der Waals surface area contributed by atoms with Crippen molar-refractivity contribution >= 4 is 16.6 Å². The zero-order chi connectivity index (χ0) is 17.0. The molecular formula is C19H16N4O2.